The third kappa shape index (κ3) is 2.94. The fourth-order valence-electron chi connectivity index (χ4n) is 1.20. The zero-order valence-corrected chi connectivity index (χ0v) is 12.5. The lowest BCUT2D eigenvalue weighted by Crippen LogP contribution is -2.41. The minimum absolute atomic E-state index is 0.0905. The van der Waals surface area contributed by atoms with Crippen molar-refractivity contribution in [2.24, 2.45) is 0 Å². The molecule has 0 atom stereocenters. The zero-order valence-electron chi connectivity index (χ0n) is 10.1. The van der Waals surface area contributed by atoms with E-state index in [0.717, 1.165) is 26.0 Å². The van der Waals surface area contributed by atoms with Crippen LogP contribution >= 0.6 is 15.9 Å². The minimum Gasteiger partial charge on any atom is -0.480 e. The van der Waals surface area contributed by atoms with Crippen LogP contribution in [0.2, 0.25) is 0 Å². The van der Waals surface area contributed by atoms with Gasteiger partial charge in [-0.2, -0.15) is 0 Å². The van der Waals surface area contributed by atoms with Gasteiger partial charge in [0, 0.05) is 5.56 Å². The number of hydrogen-bond acceptors (Lipinski definition) is 3. The van der Waals surface area contributed by atoms with Crippen molar-refractivity contribution in [3.63, 3.8) is 0 Å². The maximum absolute atomic E-state index is 13.7. The number of sulfone groups is 1. The van der Waals surface area contributed by atoms with Gasteiger partial charge in [0.25, 0.3) is 0 Å². The predicted octanol–water partition coefficient (Wildman–Crippen LogP) is 2.51. The molecule has 0 spiro atoms. The van der Waals surface area contributed by atoms with Gasteiger partial charge in [0.2, 0.25) is 0 Å². The van der Waals surface area contributed by atoms with E-state index in [1.807, 2.05) is 0 Å². The Morgan fingerprint density at radius 2 is 1.89 bits per heavy atom. The smallest absolute Gasteiger partial charge is 0.324 e. The first-order valence-electron chi connectivity index (χ1n) is 5.09. The van der Waals surface area contributed by atoms with Crippen LogP contribution in [0.5, 0.6) is 0 Å². The molecule has 0 bridgehead atoms. The van der Waals surface area contributed by atoms with Crippen LogP contribution < -0.4 is 0 Å². The normalized spacial score (nSPS) is 12.5. The maximum Gasteiger partial charge on any atom is 0.324 e. The van der Waals surface area contributed by atoms with Crippen molar-refractivity contribution in [3.8, 4) is 0 Å². The summed E-state index contributed by atoms with van der Waals surface area (Å²) < 4.78 is 48.8. The summed E-state index contributed by atoms with van der Waals surface area (Å²) in [4.78, 5) is 10.9. The number of rotatable bonds is 4. The van der Waals surface area contributed by atoms with Crippen molar-refractivity contribution in [2.75, 3.05) is 0 Å². The zero-order chi connectivity index (χ0) is 15.0. The molecule has 0 saturated carbocycles. The second-order valence-corrected chi connectivity index (χ2v) is 7.79. The summed E-state index contributed by atoms with van der Waals surface area (Å²) in [5, 5.41) is 8.87. The molecule has 8 heteroatoms. The average Bonchev–Trinajstić information content (AvgIpc) is 2.29. The molecule has 1 aromatic rings. The van der Waals surface area contributed by atoms with Crippen LogP contribution in [-0.4, -0.2) is 24.2 Å². The van der Waals surface area contributed by atoms with Gasteiger partial charge in [-0.1, -0.05) is 0 Å². The number of hydrogen-bond donors (Lipinski definition) is 1. The number of aliphatic carboxylic acids is 1. The molecule has 0 fully saturated rings. The van der Waals surface area contributed by atoms with Crippen molar-refractivity contribution in [2.45, 2.75) is 24.3 Å². The third-order valence-corrected chi connectivity index (χ3v) is 5.78. The highest BCUT2D eigenvalue weighted by Crippen LogP contribution is 2.27. The van der Waals surface area contributed by atoms with Crippen LogP contribution in [0.25, 0.3) is 0 Å². The first-order valence-corrected chi connectivity index (χ1v) is 7.53. The molecule has 19 heavy (non-hydrogen) atoms. The van der Waals surface area contributed by atoms with Crippen LogP contribution in [0.15, 0.2) is 16.6 Å². The molecule has 0 aromatic heterocycles. The van der Waals surface area contributed by atoms with Gasteiger partial charge >= 0.3 is 5.97 Å². The molecule has 106 valence electrons. The van der Waals surface area contributed by atoms with Crippen LogP contribution in [-0.2, 0) is 20.4 Å². The van der Waals surface area contributed by atoms with Crippen molar-refractivity contribution < 1.29 is 27.1 Å². The summed E-state index contributed by atoms with van der Waals surface area (Å²) in [6.07, 6.45) is 0. The molecule has 0 saturated heterocycles. The van der Waals surface area contributed by atoms with E-state index in [2.05, 4.69) is 15.9 Å². The van der Waals surface area contributed by atoms with E-state index in [-0.39, 0.29) is 4.47 Å². The molecule has 1 N–H and O–H groups in total. The van der Waals surface area contributed by atoms with Gasteiger partial charge < -0.3 is 5.11 Å². The summed E-state index contributed by atoms with van der Waals surface area (Å²) in [5.74, 6) is -4.69. The Labute approximate surface area is 117 Å². The highest BCUT2D eigenvalue weighted by Gasteiger charge is 2.42. The topological polar surface area (TPSA) is 71.4 Å². The maximum atomic E-state index is 13.7. The minimum atomic E-state index is -4.27. The Kier molecular flexibility index (Phi) is 4.36. The van der Waals surface area contributed by atoms with Gasteiger partial charge in [0.15, 0.2) is 14.6 Å². The Bertz CT molecular complexity index is 626. The van der Waals surface area contributed by atoms with Crippen LogP contribution in [0.1, 0.15) is 19.4 Å². The SMILES string of the molecule is CC(C)(C(=O)O)S(=O)(=O)Cc1c(F)ccc(Br)c1F. The van der Waals surface area contributed by atoms with Gasteiger partial charge in [0.1, 0.15) is 11.6 Å². The summed E-state index contributed by atoms with van der Waals surface area (Å²) >= 11 is 2.81. The third-order valence-electron chi connectivity index (χ3n) is 2.77. The highest BCUT2D eigenvalue weighted by molar-refractivity contribution is 9.10. The lowest BCUT2D eigenvalue weighted by atomic mass is 10.2. The Morgan fingerprint density at radius 3 is 2.37 bits per heavy atom. The fourth-order valence-corrected chi connectivity index (χ4v) is 2.85. The molecular formula is C11H11BrF2O4S. The number of carbonyl (C=O) groups is 1. The van der Waals surface area contributed by atoms with Crippen LogP contribution in [0, 0.1) is 11.6 Å². The summed E-state index contributed by atoms with van der Waals surface area (Å²) in [6.45, 7) is 1.94. The van der Waals surface area contributed by atoms with Crippen molar-refractivity contribution in [1.29, 1.82) is 0 Å². The largest absolute Gasteiger partial charge is 0.480 e. The van der Waals surface area contributed by atoms with E-state index in [1.54, 1.807) is 0 Å². The number of halogens is 3. The summed E-state index contributed by atoms with van der Waals surface area (Å²) in [5.41, 5.74) is -0.677. The first-order chi connectivity index (χ1) is 8.50. The highest BCUT2D eigenvalue weighted by atomic mass is 79.9. The quantitative estimate of drug-likeness (QED) is 0.841. The van der Waals surface area contributed by atoms with E-state index in [9.17, 15) is 22.0 Å². The van der Waals surface area contributed by atoms with Gasteiger partial charge in [-0.15, -0.1) is 0 Å². The first kappa shape index (κ1) is 16.0. The number of carboxylic acids is 1. The Hall–Kier alpha value is -1.02. The Balaban J connectivity index is 3.32. The molecule has 0 heterocycles. The van der Waals surface area contributed by atoms with Crippen LogP contribution in [0.3, 0.4) is 0 Å². The summed E-state index contributed by atoms with van der Waals surface area (Å²) in [6, 6.07) is 2.01. The Morgan fingerprint density at radius 1 is 1.37 bits per heavy atom. The molecule has 0 radical (unpaired) electrons. The molecule has 1 aromatic carbocycles. The molecular weight excluding hydrogens is 346 g/mol. The number of benzene rings is 1. The van der Waals surface area contributed by atoms with E-state index < -0.39 is 43.5 Å². The van der Waals surface area contributed by atoms with Crippen molar-refractivity contribution in [1.82, 2.24) is 0 Å². The van der Waals surface area contributed by atoms with E-state index >= 15 is 0 Å². The molecule has 1 rings (SSSR count). The molecule has 0 amide bonds. The predicted molar refractivity (Wildman–Crippen MR) is 68.4 cm³/mol. The van der Waals surface area contributed by atoms with E-state index in [0.29, 0.717) is 0 Å². The molecule has 4 nitrogen and oxygen atoms in total. The summed E-state index contributed by atoms with van der Waals surface area (Å²) in [7, 11) is -4.27. The van der Waals surface area contributed by atoms with Crippen LogP contribution in [0.4, 0.5) is 8.78 Å². The van der Waals surface area contributed by atoms with Crippen molar-refractivity contribution >= 4 is 31.7 Å². The average molecular weight is 357 g/mol. The van der Waals surface area contributed by atoms with E-state index in [4.69, 9.17) is 5.11 Å². The molecule has 0 aliphatic carbocycles. The van der Waals surface area contributed by atoms with Gasteiger partial charge in [-0.05, 0) is 41.9 Å². The lowest BCUT2D eigenvalue weighted by molar-refractivity contribution is -0.139. The monoisotopic (exact) mass is 356 g/mol. The van der Waals surface area contributed by atoms with E-state index in [1.165, 1.54) is 0 Å². The van der Waals surface area contributed by atoms with Gasteiger partial charge in [0.05, 0.1) is 10.2 Å². The fraction of sp³-hybridized carbons (Fsp3) is 0.364. The lowest BCUT2D eigenvalue weighted by Gasteiger charge is -2.20. The molecule has 0 unspecified atom stereocenters. The number of carboxylic acid groups (broad SMARTS) is 1. The van der Waals surface area contributed by atoms with Gasteiger partial charge in [-0.3, -0.25) is 4.79 Å². The van der Waals surface area contributed by atoms with Gasteiger partial charge in [-0.25, -0.2) is 17.2 Å². The standard InChI is InChI=1S/C11H11BrF2O4S/c1-11(2,10(15)16)19(17,18)5-6-8(13)4-3-7(12)9(6)14/h3-4H,5H2,1-2H3,(H,15,16). The molecule has 0 aliphatic rings. The second-order valence-electron chi connectivity index (χ2n) is 4.40. The second kappa shape index (κ2) is 5.16. The van der Waals surface area contributed by atoms with Crippen molar-refractivity contribution in [3.05, 3.63) is 33.8 Å². The molecule has 0 aliphatic heterocycles.